The molecule has 0 radical (unpaired) electrons. The van der Waals surface area contributed by atoms with Crippen LogP contribution in [0, 0.1) is 0 Å². The molecule has 0 amide bonds. The first-order valence-electron chi connectivity index (χ1n) is 6.50. The van der Waals surface area contributed by atoms with Crippen LogP contribution in [0.25, 0.3) is 0 Å². The summed E-state index contributed by atoms with van der Waals surface area (Å²) in [7, 11) is 0. The van der Waals surface area contributed by atoms with Crippen molar-refractivity contribution in [1.29, 1.82) is 0 Å². The van der Waals surface area contributed by atoms with Crippen LogP contribution in [0.1, 0.15) is 31.2 Å². The topological polar surface area (TPSA) is 23.5 Å². The fourth-order valence-electron chi connectivity index (χ4n) is 2.54. The molecule has 2 nitrogen and oxygen atoms in total. The zero-order chi connectivity index (χ0) is 13.0. The van der Waals surface area contributed by atoms with Gasteiger partial charge in [0.15, 0.2) is 0 Å². The Labute approximate surface area is 119 Å². The van der Waals surface area contributed by atoms with Crippen molar-refractivity contribution >= 4 is 23.2 Å². The highest BCUT2D eigenvalue weighted by Gasteiger charge is 2.21. The van der Waals surface area contributed by atoms with Gasteiger partial charge in [-0.3, -0.25) is 4.90 Å². The van der Waals surface area contributed by atoms with E-state index in [9.17, 15) is 5.11 Å². The lowest BCUT2D eigenvalue weighted by molar-refractivity contribution is 0.118. The fraction of sp³-hybridized carbons (Fsp3) is 0.571. The Hall–Kier alpha value is -0.280. The first-order chi connectivity index (χ1) is 8.72. The van der Waals surface area contributed by atoms with Gasteiger partial charge in [0.1, 0.15) is 0 Å². The monoisotopic (exact) mass is 287 g/mol. The Morgan fingerprint density at radius 1 is 1.17 bits per heavy atom. The molecule has 1 atom stereocenters. The summed E-state index contributed by atoms with van der Waals surface area (Å²) < 4.78 is 0. The molecular formula is C14H19Cl2NO. The van der Waals surface area contributed by atoms with E-state index in [0.717, 1.165) is 25.1 Å². The minimum Gasteiger partial charge on any atom is -0.395 e. The molecule has 1 saturated heterocycles. The smallest absolute Gasteiger partial charge is 0.0586 e. The standard InChI is InChI=1S/C14H19Cl2NO/c15-13-6-4-7-14(16)12(13)9-17-8-3-1-2-5-11(17)10-18/h4,6-7,11,18H,1-3,5,8-10H2. The van der Waals surface area contributed by atoms with Crippen molar-refractivity contribution in [2.75, 3.05) is 13.2 Å². The fourth-order valence-corrected chi connectivity index (χ4v) is 3.06. The number of benzene rings is 1. The van der Waals surface area contributed by atoms with Crippen molar-refractivity contribution in [2.45, 2.75) is 38.3 Å². The van der Waals surface area contributed by atoms with Crippen LogP contribution in [-0.4, -0.2) is 29.2 Å². The lowest BCUT2D eigenvalue weighted by atomic mass is 10.1. The normalized spacial score (nSPS) is 21.8. The molecule has 1 N–H and O–H groups in total. The van der Waals surface area contributed by atoms with Crippen molar-refractivity contribution < 1.29 is 5.11 Å². The van der Waals surface area contributed by atoms with Gasteiger partial charge in [-0.1, -0.05) is 42.1 Å². The van der Waals surface area contributed by atoms with Gasteiger partial charge in [0.2, 0.25) is 0 Å². The second-order valence-electron chi connectivity index (χ2n) is 4.86. The number of rotatable bonds is 3. The molecule has 0 spiro atoms. The van der Waals surface area contributed by atoms with E-state index in [-0.39, 0.29) is 12.6 Å². The molecule has 0 saturated carbocycles. The minimum absolute atomic E-state index is 0.210. The Bertz CT molecular complexity index is 377. The largest absolute Gasteiger partial charge is 0.395 e. The number of likely N-dealkylation sites (tertiary alicyclic amines) is 1. The number of hydrogen-bond acceptors (Lipinski definition) is 2. The number of halogens is 2. The lowest BCUT2D eigenvalue weighted by Crippen LogP contribution is -2.37. The average molecular weight is 288 g/mol. The number of aliphatic hydroxyl groups is 1. The van der Waals surface area contributed by atoms with Crippen molar-refractivity contribution in [3.8, 4) is 0 Å². The van der Waals surface area contributed by atoms with Gasteiger partial charge in [0.05, 0.1) is 6.61 Å². The van der Waals surface area contributed by atoms with Crippen LogP contribution in [0.5, 0.6) is 0 Å². The van der Waals surface area contributed by atoms with Gasteiger partial charge in [0.25, 0.3) is 0 Å². The Kier molecular flexibility index (Phi) is 5.31. The maximum absolute atomic E-state index is 9.50. The second kappa shape index (κ2) is 6.76. The van der Waals surface area contributed by atoms with Gasteiger partial charge < -0.3 is 5.11 Å². The summed E-state index contributed by atoms with van der Waals surface area (Å²) in [4.78, 5) is 2.31. The lowest BCUT2D eigenvalue weighted by Gasteiger charge is -2.29. The van der Waals surface area contributed by atoms with Crippen LogP contribution in [0.4, 0.5) is 0 Å². The highest BCUT2D eigenvalue weighted by molar-refractivity contribution is 6.35. The third-order valence-corrected chi connectivity index (χ3v) is 4.34. The summed E-state index contributed by atoms with van der Waals surface area (Å²) in [6.07, 6.45) is 4.67. The Morgan fingerprint density at radius 3 is 2.56 bits per heavy atom. The number of hydrogen-bond donors (Lipinski definition) is 1. The Morgan fingerprint density at radius 2 is 1.89 bits per heavy atom. The van der Waals surface area contributed by atoms with E-state index in [1.807, 2.05) is 18.2 Å². The number of nitrogens with zero attached hydrogens (tertiary/aromatic N) is 1. The molecular weight excluding hydrogens is 269 g/mol. The molecule has 1 aromatic carbocycles. The maximum atomic E-state index is 9.50. The van der Waals surface area contributed by atoms with Crippen LogP contribution in [0.2, 0.25) is 10.0 Å². The molecule has 1 aliphatic rings. The van der Waals surface area contributed by atoms with Gasteiger partial charge in [-0.15, -0.1) is 0 Å². The first-order valence-corrected chi connectivity index (χ1v) is 7.25. The SMILES string of the molecule is OCC1CCCCCN1Cc1c(Cl)cccc1Cl. The summed E-state index contributed by atoms with van der Waals surface area (Å²) in [5, 5.41) is 10.9. The molecule has 0 bridgehead atoms. The average Bonchev–Trinajstić information content (AvgIpc) is 2.59. The van der Waals surface area contributed by atoms with Gasteiger partial charge >= 0.3 is 0 Å². The minimum atomic E-state index is 0.210. The third kappa shape index (κ3) is 3.39. The van der Waals surface area contributed by atoms with Crippen LogP contribution < -0.4 is 0 Å². The van der Waals surface area contributed by atoms with E-state index >= 15 is 0 Å². The van der Waals surface area contributed by atoms with E-state index in [1.54, 1.807) is 0 Å². The predicted molar refractivity (Wildman–Crippen MR) is 76.2 cm³/mol. The molecule has 18 heavy (non-hydrogen) atoms. The van der Waals surface area contributed by atoms with Crippen LogP contribution >= 0.6 is 23.2 Å². The molecule has 1 fully saturated rings. The Balaban J connectivity index is 2.15. The van der Waals surface area contributed by atoms with Crippen molar-refractivity contribution in [3.05, 3.63) is 33.8 Å². The van der Waals surface area contributed by atoms with Crippen LogP contribution in [-0.2, 0) is 6.54 Å². The maximum Gasteiger partial charge on any atom is 0.0586 e. The molecule has 0 aromatic heterocycles. The van der Waals surface area contributed by atoms with Crippen LogP contribution in [0.15, 0.2) is 18.2 Å². The zero-order valence-corrected chi connectivity index (χ0v) is 11.9. The van der Waals surface area contributed by atoms with E-state index in [1.165, 1.54) is 19.3 Å². The van der Waals surface area contributed by atoms with Gasteiger partial charge in [-0.05, 0) is 31.5 Å². The van der Waals surface area contributed by atoms with Crippen molar-refractivity contribution in [2.24, 2.45) is 0 Å². The third-order valence-electron chi connectivity index (χ3n) is 3.63. The van der Waals surface area contributed by atoms with E-state index < -0.39 is 0 Å². The molecule has 4 heteroatoms. The predicted octanol–water partition coefficient (Wildman–Crippen LogP) is 3.73. The highest BCUT2D eigenvalue weighted by atomic mass is 35.5. The van der Waals surface area contributed by atoms with Crippen LogP contribution in [0.3, 0.4) is 0 Å². The zero-order valence-electron chi connectivity index (χ0n) is 10.4. The van der Waals surface area contributed by atoms with Gasteiger partial charge in [-0.2, -0.15) is 0 Å². The molecule has 1 aromatic rings. The van der Waals surface area contributed by atoms with Gasteiger partial charge in [-0.25, -0.2) is 0 Å². The van der Waals surface area contributed by atoms with Crippen molar-refractivity contribution in [3.63, 3.8) is 0 Å². The molecule has 1 unspecified atom stereocenters. The first kappa shape index (κ1) is 14.1. The molecule has 0 aliphatic carbocycles. The summed E-state index contributed by atoms with van der Waals surface area (Å²) >= 11 is 12.4. The van der Waals surface area contributed by atoms with E-state index in [2.05, 4.69) is 4.90 Å². The van der Waals surface area contributed by atoms with E-state index in [4.69, 9.17) is 23.2 Å². The van der Waals surface area contributed by atoms with Gasteiger partial charge in [0, 0.05) is 28.2 Å². The highest BCUT2D eigenvalue weighted by Crippen LogP contribution is 2.28. The molecule has 1 heterocycles. The summed E-state index contributed by atoms with van der Waals surface area (Å²) in [5.74, 6) is 0. The summed E-state index contributed by atoms with van der Waals surface area (Å²) in [5.41, 5.74) is 0.973. The quantitative estimate of drug-likeness (QED) is 0.916. The number of aliphatic hydroxyl groups excluding tert-OH is 1. The molecule has 100 valence electrons. The second-order valence-corrected chi connectivity index (χ2v) is 5.67. The molecule has 2 rings (SSSR count). The summed E-state index contributed by atoms with van der Waals surface area (Å²) in [6.45, 7) is 1.94. The van der Waals surface area contributed by atoms with Crippen molar-refractivity contribution in [1.82, 2.24) is 4.90 Å². The van der Waals surface area contributed by atoms with E-state index in [0.29, 0.717) is 10.0 Å². The molecule has 1 aliphatic heterocycles. The summed E-state index contributed by atoms with van der Waals surface area (Å²) in [6, 6.07) is 5.84.